The number of ketones is 1. The van der Waals surface area contributed by atoms with Crippen molar-refractivity contribution in [2.24, 2.45) is 0 Å². The van der Waals surface area contributed by atoms with Gasteiger partial charge in [-0.3, -0.25) is 14.7 Å². The minimum Gasteiger partial charge on any atom is -0.497 e. The lowest BCUT2D eigenvalue weighted by Crippen LogP contribution is -2.19. The number of H-pyrrole nitrogens is 1. The van der Waals surface area contributed by atoms with Gasteiger partial charge in [-0.15, -0.1) is 0 Å². The van der Waals surface area contributed by atoms with Crippen LogP contribution in [0.5, 0.6) is 5.75 Å². The Morgan fingerprint density at radius 3 is 2.40 bits per heavy atom. The van der Waals surface area contributed by atoms with Crippen LogP contribution >= 0.6 is 0 Å². The second kappa shape index (κ2) is 7.05. The van der Waals surface area contributed by atoms with Gasteiger partial charge in [0.25, 0.3) is 5.56 Å². The number of methoxy groups -OCH3 is 1. The Kier molecular flexibility index (Phi) is 4.66. The van der Waals surface area contributed by atoms with E-state index in [1.807, 2.05) is 42.5 Å². The SMILES string of the molecule is COc1ccc(/C=C/C(=O)c2c(C)[nH]n(-c3ccccc3)c2=O)cc1. The highest BCUT2D eigenvalue weighted by Gasteiger charge is 2.17. The molecular weight excluding hydrogens is 316 g/mol. The minimum absolute atomic E-state index is 0.147. The Morgan fingerprint density at radius 2 is 1.76 bits per heavy atom. The number of carbonyl (C=O) groups is 1. The number of hydrogen-bond donors (Lipinski definition) is 1. The summed E-state index contributed by atoms with van der Waals surface area (Å²) in [5.41, 5.74) is 1.87. The Morgan fingerprint density at radius 1 is 1.08 bits per heavy atom. The number of allylic oxidation sites excluding steroid dienone is 1. The molecule has 0 atom stereocenters. The molecule has 0 bridgehead atoms. The molecule has 126 valence electrons. The van der Waals surface area contributed by atoms with Crippen LogP contribution in [0.1, 0.15) is 21.6 Å². The molecule has 0 amide bonds. The number of aromatic nitrogens is 2. The van der Waals surface area contributed by atoms with Gasteiger partial charge in [-0.2, -0.15) is 0 Å². The van der Waals surface area contributed by atoms with Crippen molar-refractivity contribution in [2.75, 3.05) is 7.11 Å². The van der Waals surface area contributed by atoms with Gasteiger partial charge in [0.15, 0.2) is 5.78 Å². The topological polar surface area (TPSA) is 64.1 Å². The zero-order valence-electron chi connectivity index (χ0n) is 14.0. The molecule has 2 aromatic carbocycles. The zero-order chi connectivity index (χ0) is 17.8. The van der Waals surface area contributed by atoms with Gasteiger partial charge >= 0.3 is 0 Å². The Balaban J connectivity index is 1.88. The number of carbonyl (C=O) groups excluding carboxylic acids is 1. The summed E-state index contributed by atoms with van der Waals surface area (Å²) in [5, 5.41) is 2.96. The monoisotopic (exact) mass is 334 g/mol. The maximum atomic E-state index is 12.6. The van der Waals surface area contributed by atoms with E-state index in [0.717, 1.165) is 11.3 Å². The van der Waals surface area contributed by atoms with Gasteiger partial charge in [0, 0.05) is 5.69 Å². The predicted molar refractivity (Wildman–Crippen MR) is 97.5 cm³/mol. The lowest BCUT2D eigenvalue weighted by atomic mass is 10.1. The first-order valence-corrected chi connectivity index (χ1v) is 7.83. The molecule has 0 radical (unpaired) electrons. The molecule has 25 heavy (non-hydrogen) atoms. The Labute approximate surface area is 145 Å². The molecule has 0 aliphatic heterocycles. The summed E-state index contributed by atoms with van der Waals surface area (Å²) in [4.78, 5) is 25.1. The zero-order valence-corrected chi connectivity index (χ0v) is 14.0. The van der Waals surface area contributed by atoms with Crippen LogP contribution in [0.3, 0.4) is 0 Å². The third-order valence-electron chi connectivity index (χ3n) is 3.88. The Hall–Kier alpha value is -3.34. The fourth-order valence-corrected chi connectivity index (χ4v) is 2.57. The standard InChI is InChI=1S/C20H18N2O3/c1-14-19(20(24)22(21-14)16-6-4-3-5-7-16)18(23)13-10-15-8-11-17(25-2)12-9-15/h3-13,21H,1-2H3/b13-10+. The highest BCUT2D eigenvalue weighted by Crippen LogP contribution is 2.13. The van der Waals surface area contributed by atoms with Crippen LogP contribution in [-0.4, -0.2) is 22.7 Å². The first-order chi connectivity index (χ1) is 12.1. The van der Waals surface area contributed by atoms with E-state index in [0.29, 0.717) is 11.4 Å². The van der Waals surface area contributed by atoms with E-state index in [1.54, 1.807) is 32.2 Å². The van der Waals surface area contributed by atoms with Crippen molar-refractivity contribution in [3.05, 3.63) is 87.8 Å². The maximum absolute atomic E-state index is 12.6. The number of nitrogens with one attached hydrogen (secondary N) is 1. The lowest BCUT2D eigenvalue weighted by Gasteiger charge is -1.99. The molecule has 1 N–H and O–H groups in total. The third kappa shape index (κ3) is 3.45. The molecule has 1 aromatic heterocycles. The number of para-hydroxylation sites is 1. The van der Waals surface area contributed by atoms with Crippen LogP contribution in [0, 0.1) is 6.92 Å². The Bertz CT molecular complexity index is 964. The molecule has 5 nitrogen and oxygen atoms in total. The molecule has 5 heteroatoms. The molecule has 0 aliphatic rings. The van der Waals surface area contributed by atoms with E-state index in [1.165, 1.54) is 10.8 Å². The van der Waals surface area contributed by atoms with Crippen molar-refractivity contribution in [1.82, 2.24) is 9.78 Å². The molecule has 0 spiro atoms. The summed E-state index contributed by atoms with van der Waals surface area (Å²) in [5.74, 6) is 0.417. The van der Waals surface area contributed by atoms with Gasteiger partial charge in [-0.25, -0.2) is 4.68 Å². The van der Waals surface area contributed by atoms with Gasteiger partial charge in [0.2, 0.25) is 0 Å². The van der Waals surface area contributed by atoms with Crippen LogP contribution in [0.25, 0.3) is 11.8 Å². The lowest BCUT2D eigenvalue weighted by molar-refractivity contribution is 0.104. The molecule has 3 aromatic rings. The molecule has 0 aliphatic carbocycles. The molecule has 1 heterocycles. The number of aromatic amines is 1. The van der Waals surface area contributed by atoms with E-state index in [2.05, 4.69) is 5.10 Å². The average Bonchev–Trinajstić information content (AvgIpc) is 2.95. The van der Waals surface area contributed by atoms with Crippen molar-refractivity contribution in [1.29, 1.82) is 0 Å². The number of benzene rings is 2. The van der Waals surface area contributed by atoms with Gasteiger partial charge in [0.1, 0.15) is 11.3 Å². The second-order valence-electron chi connectivity index (χ2n) is 5.56. The van der Waals surface area contributed by atoms with Gasteiger partial charge < -0.3 is 4.74 Å². The van der Waals surface area contributed by atoms with E-state index in [4.69, 9.17) is 4.74 Å². The third-order valence-corrected chi connectivity index (χ3v) is 3.88. The highest BCUT2D eigenvalue weighted by molar-refractivity contribution is 6.07. The molecule has 0 unspecified atom stereocenters. The molecular formula is C20H18N2O3. The van der Waals surface area contributed by atoms with Gasteiger partial charge in [-0.05, 0) is 42.8 Å². The van der Waals surface area contributed by atoms with Crippen LogP contribution in [0.15, 0.2) is 65.5 Å². The summed E-state index contributed by atoms with van der Waals surface area (Å²) >= 11 is 0. The summed E-state index contributed by atoms with van der Waals surface area (Å²) in [6.07, 6.45) is 3.09. The van der Waals surface area contributed by atoms with Crippen LogP contribution in [0.2, 0.25) is 0 Å². The van der Waals surface area contributed by atoms with Crippen molar-refractivity contribution in [3.8, 4) is 11.4 Å². The molecule has 0 fully saturated rings. The van der Waals surface area contributed by atoms with Crippen molar-refractivity contribution < 1.29 is 9.53 Å². The summed E-state index contributed by atoms with van der Waals surface area (Å²) in [6.45, 7) is 1.72. The first-order valence-electron chi connectivity index (χ1n) is 7.83. The fourth-order valence-electron chi connectivity index (χ4n) is 2.57. The number of rotatable bonds is 5. The molecule has 3 rings (SSSR count). The quantitative estimate of drug-likeness (QED) is 0.575. The van der Waals surface area contributed by atoms with Crippen molar-refractivity contribution >= 4 is 11.9 Å². The van der Waals surface area contributed by atoms with Gasteiger partial charge in [-0.1, -0.05) is 36.4 Å². The largest absolute Gasteiger partial charge is 0.497 e. The summed E-state index contributed by atoms with van der Waals surface area (Å²) in [7, 11) is 1.60. The van der Waals surface area contributed by atoms with E-state index < -0.39 is 0 Å². The highest BCUT2D eigenvalue weighted by atomic mass is 16.5. The van der Waals surface area contributed by atoms with Crippen molar-refractivity contribution in [2.45, 2.75) is 6.92 Å². The summed E-state index contributed by atoms with van der Waals surface area (Å²) in [6, 6.07) is 16.5. The van der Waals surface area contributed by atoms with Crippen LogP contribution in [-0.2, 0) is 0 Å². The number of ether oxygens (including phenoxy) is 1. The summed E-state index contributed by atoms with van der Waals surface area (Å²) < 4.78 is 6.48. The van der Waals surface area contributed by atoms with Crippen molar-refractivity contribution in [3.63, 3.8) is 0 Å². The normalized spacial score (nSPS) is 11.0. The van der Waals surface area contributed by atoms with Crippen LogP contribution < -0.4 is 10.3 Å². The molecule has 0 saturated carbocycles. The predicted octanol–water partition coefficient (Wildman–Crippen LogP) is 3.38. The number of nitrogens with zero attached hydrogens (tertiary/aromatic N) is 1. The smallest absolute Gasteiger partial charge is 0.282 e. The first kappa shape index (κ1) is 16.5. The second-order valence-corrected chi connectivity index (χ2v) is 5.56. The van der Waals surface area contributed by atoms with Gasteiger partial charge in [0.05, 0.1) is 12.8 Å². The number of aryl methyl sites for hydroxylation is 1. The van der Waals surface area contributed by atoms with Crippen LogP contribution in [0.4, 0.5) is 0 Å². The minimum atomic E-state index is -0.354. The maximum Gasteiger partial charge on any atom is 0.282 e. The average molecular weight is 334 g/mol. The number of hydrogen-bond acceptors (Lipinski definition) is 3. The van der Waals surface area contributed by atoms with E-state index in [-0.39, 0.29) is 16.9 Å². The fraction of sp³-hybridized carbons (Fsp3) is 0.100. The van der Waals surface area contributed by atoms with E-state index in [9.17, 15) is 9.59 Å². The van der Waals surface area contributed by atoms with E-state index >= 15 is 0 Å². The molecule has 0 saturated heterocycles.